The molecule has 0 saturated carbocycles. The Hall–Kier alpha value is 0.210. The fraction of sp³-hybridized carbons (Fsp3) is 1.00. The number of aliphatic hydroxyl groups excluding tert-OH is 1. The van der Waals surface area contributed by atoms with Crippen LogP contribution in [-0.2, 0) is 0 Å². The van der Waals surface area contributed by atoms with Gasteiger partial charge in [0.25, 0.3) is 0 Å². The highest BCUT2D eigenvalue weighted by Gasteiger charge is 2.27. The lowest BCUT2D eigenvalue weighted by atomic mass is 9.82. The molecule has 0 aromatic heterocycles. The number of rotatable bonds is 18. The molecule has 1 unspecified atom stereocenters. The van der Waals surface area contributed by atoms with Gasteiger partial charge in [-0.1, -0.05) is 96.8 Å². The molecule has 1 atom stereocenters. The SMILES string of the molecule is CCCCCCCCCCCCCCCCC(CCO)C(C)(C)[NH3+].[Cl-]. The first-order valence-electron chi connectivity index (χ1n) is 11.0. The first-order valence-corrected chi connectivity index (χ1v) is 11.0. The van der Waals surface area contributed by atoms with E-state index in [1.54, 1.807) is 0 Å². The van der Waals surface area contributed by atoms with Crippen LogP contribution >= 0.6 is 0 Å². The van der Waals surface area contributed by atoms with Crippen LogP contribution in [-0.4, -0.2) is 17.3 Å². The first kappa shape index (κ1) is 27.4. The summed E-state index contributed by atoms with van der Waals surface area (Å²) in [5.74, 6) is 0.569. The second kappa shape index (κ2) is 19.0. The van der Waals surface area contributed by atoms with Gasteiger partial charge in [0.05, 0.1) is 5.54 Å². The number of aliphatic hydroxyl groups is 1. The Labute approximate surface area is 165 Å². The van der Waals surface area contributed by atoms with E-state index < -0.39 is 0 Å². The summed E-state index contributed by atoms with van der Waals surface area (Å²) in [5, 5.41) is 9.19. The minimum absolute atomic E-state index is 0. The summed E-state index contributed by atoms with van der Waals surface area (Å²) in [6.07, 6.45) is 22.0. The minimum Gasteiger partial charge on any atom is -1.00 e. The summed E-state index contributed by atoms with van der Waals surface area (Å²) in [7, 11) is 0. The van der Waals surface area contributed by atoms with Crippen molar-refractivity contribution < 1.29 is 23.2 Å². The van der Waals surface area contributed by atoms with E-state index in [1.807, 2.05) is 0 Å². The smallest absolute Gasteiger partial charge is 0.0918 e. The summed E-state index contributed by atoms with van der Waals surface area (Å²) in [6.45, 7) is 7.01. The molecule has 154 valence electrons. The van der Waals surface area contributed by atoms with Gasteiger partial charge in [0.15, 0.2) is 0 Å². The van der Waals surface area contributed by atoms with Crippen molar-refractivity contribution in [2.45, 2.75) is 129 Å². The predicted octanol–water partition coefficient (Wildman–Crippen LogP) is 2.88. The number of hydrogen-bond acceptors (Lipinski definition) is 1. The number of unbranched alkanes of at least 4 members (excludes halogenated alkanes) is 13. The standard InChI is InChI=1S/C22H47NO.ClH/c1-4-5-6-7-8-9-10-11-12-13-14-15-16-17-18-21(19-20-24)22(2,3)23;/h21,24H,4-20,23H2,1-3H3;1H. The number of quaternary nitrogens is 1. The van der Waals surface area contributed by atoms with E-state index in [9.17, 15) is 5.11 Å². The second-order valence-electron chi connectivity index (χ2n) is 8.58. The van der Waals surface area contributed by atoms with E-state index in [-0.39, 0.29) is 17.9 Å². The van der Waals surface area contributed by atoms with Crippen LogP contribution in [0, 0.1) is 5.92 Å². The fourth-order valence-corrected chi connectivity index (χ4v) is 3.67. The molecule has 0 aromatic rings. The molecule has 0 saturated heterocycles. The monoisotopic (exact) mass is 377 g/mol. The lowest BCUT2D eigenvalue weighted by molar-refractivity contribution is -0.481. The lowest BCUT2D eigenvalue weighted by Crippen LogP contribution is -3.00. The third-order valence-electron chi connectivity index (χ3n) is 5.49. The molecule has 0 aliphatic heterocycles. The quantitative estimate of drug-likeness (QED) is 0.354. The van der Waals surface area contributed by atoms with Crippen molar-refractivity contribution in [1.29, 1.82) is 0 Å². The molecular weight excluding hydrogens is 330 g/mol. The van der Waals surface area contributed by atoms with Gasteiger partial charge in [-0.15, -0.1) is 0 Å². The highest BCUT2D eigenvalue weighted by Crippen LogP contribution is 2.23. The Morgan fingerprint density at radius 1 is 0.680 bits per heavy atom. The number of halogens is 1. The van der Waals surface area contributed by atoms with Gasteiger partial charge >= 0.3 is 0 Å². The van der Waals surface area contributed by atoms with E-state index >= 15 is 0 Å². The highest BCUT2D eigenvalue weighted by molar-refractivity contribution is 4.75. The van der Waals surface area contributed by atoms with Crippen LogP contribution in [0.3, 0.4) is 0 Å². The molecule has 0 aromatic carbocycles. The molecule has 0 radical (unpaired) electrons. The van der Waals surface area contributed by atoms with Gasteiger partial charge in [0.2, 0.25) is 0 Å². The molecule has 0 aliphatic rings. The minimum atomic E-state index is 0. The highest BCUT2D eigenvalue weighted by atomic mass is 35.5. The maximum absolute atomic E-state index is 9.19. The van der Waals surface area contributed by atoms with Crippen molar-refractivity contribution in [2.24, 2.45) is 5.92 Å². The van der Waals surface area contributed by atoms with Crippen molar-refractivity contribution in [2.75, 3.05) is 6.61 Å². The Kier molecular flexibility index (Phi) is 20.8. The van der Waals surface area contributed by atoms with Crippen LogP contribution in [0.1, 0.15) is 124 Å². The van der Waals surface area contributed by atoms with Crippen molar-refractivity contribution in [3.05, 3.63) is 0 Å². The van der Waals surface area contributed by atoms with Crippen LogP contribution < -0.4 is 18.1 Å². The summed E-state index contributed by atoms with van der Waals surface area (Å²) >= 11 is 0. The van der Waals surface area contributed by atoms with Crippen molar-refractivity contribution in [3.63, 3.8) is 0 Å². The van der Waals surface area contributed by atoms with E-state index in [4.69, 9.17) is 0 Å². The van der Waals surface area contributed by atoms with Gasteiger partial charge in [-0.25, -0.2) is 0 Å². The molecule has 0 fully saturated rings. The average molecular weight is 378 g/mol. The zero-order valence-corrected chi connectivity index (χ0v) is 18.4. The maximum Gasteiger partial charge on any atom is 0.0918 e. The zero-order valence-electron chi connectivity index (χ0n) is 17.6. The van der Waals surface area contributed by atoms with E-state index in [1.165, 1.54) is 96.3 Å². The Morgan fingerprint density at radius 3 is 1.36 bits per heavy atom. The Morgan fingerprint density at radius 2 is 1.04 bits per heavy atom. The Balaban J connectivity index is 0. The van der Waals surface area contributed by atoms with Crippen molar-refractivity contribution in [3.8, 4) is 0 Å². The van der Waals surface area contributed by atoms with Crippen LogP contribution in [0.15, 0.2) is 0 Å². The van der Waals surface area contributed by atoms with Gasteiger partial charge in [0, 0.05) is 12.5 Å². The Bertz CT molecular complexity index is 253. The van der Waals surface area contributed by atoms with Crippen LogP contribution in [0.25, 0.3) is 0 Å². The van der Waals surface area contributed by atoms with E-state index in [0.717, 1.165) is 6.42 Å². The second-order valence-corrected chi connectivity index (χ2v) is 8.58. The molecule has 0 rings (SSSR count). The molecule has 0 amide bonds. The first-order chi connectivity index (χ1) is 11.5. The predicted molar refractivity (Wildman–Crippen MR) is 107 cm³/mol. The molecule has 0 heterocycles. The fourth-order valence-electron chi connectivity index (χ4n) is 3.67. The van der Waals surface area contributed by atoms with Crippen LogP contribution in [0.4, 0.5) is 0 Å². The van der Waals surface area contributed by atoms with E-state index in [2.05, 4.69) is 26.5 Å². The summed E-state index contributed by atoms with van der Waals surface area (Å²) < 4.78 is 0. The van der Waals surface area contributed by atoms with Crippen LogP contribution in [0.2, 0.25) is 0 Å². The average Bonchev–Trinajstić information content (AvgIpc) is 2.53. The topological polar surface area (TPSA) is 47.9 Å². The molecule has 0 bridgehead atoms. The van der Waals surface area contributed by atoms with Crippen LogP contribution in [0.5, 0.6) is 0 Å². The van der Waals surface area contributed by atoms with Gasteiger partial charge in [-0.3, -0.25) is 0 Å². The van der Waals surface area contributed by atoms with Crippen molar-refractivity contribution in [1.82, 2.24) is 0 Å². The lowest BCUT2D eigenvalue weighted by Gasteiger charge is -2.26. The molecule has 2 nitrogen and oxygen atoms in total. The van der Waals surface area contributed by atoms with Gasteiger partial charge in [-0.05, 0) is 26.7 Å². The summed E-state index contributed by atoms with van der Waals surface area (Å²) in [6, 6.07) is 0. The van der Waals surface area contributed by atoms with E-state index in [0.29, 0.717) is 12.5 Å². The number of hydrogen-bond donors (Lipinski definition) is 2. The van der Waals surface area contributed by atoms with Crippen molar-refractivity contribution >= 4 is 0 Å². The molecule has 4 N–H and O–H groups in total. The van der Waals surface area contributed by atoms with Gasteiger partial charge < -0.3 is 23.2 Å². The third-order valence-corrected chi connectivity index (χ3v) is 5.49. The maximum atomic E-state index is 9.19. The van der Waals surface area contributed by atoms with Gasteiger partial charge in [0.1, 0.15) is 0 Å². The summed E-state index contributed by atoms with van der Waals surface area (Å²) in [5.41, 5.74) is 4.36. The normalized spacial score (nSPS) is 12.8. The molecule has 25 heavy (non-hydrogen) atoms. The molecular formula is C22H48ClNO. The zero-order chi connectivity index (χ0) is 18.1. The third kappa shape index (κ3) is 18.8. The van der Waals surface area contributed by atoms with Gasteiger partial charge in [-0.2, -0.15) is 0 Å². The molecule has 0 spiro atoms. The summed E-state index contributed by atoms with van der Waals surface area (Å²) in [4.78, 5) is 0. The largest absolute Gasteiger partial charge is 1.00 e. The molecule has 3 heteroatoms. The molecule has 0 aliphatic carbocycles.